The lowest BCUT2D eigenvalue weighted by Gasteiger charge is -2.48. The van der Waals surface area contributed by atoms with E-state index in [2.05, 4.69) is 35.3 Å². The molecule has 1 saturated heterocycles. The molecule has 3 heterocycles. The summed E-state index contributed by atoms with van der Waals surface area (Å²) in [6, 6.07) is 21.4. The van der Waals surface area contributed by atoms with Crippen LogP contribution >= 0.6 is 0 Å². The molecule has 2 N–H and O–H groups in total. The zero-order valence-corrected chi connectivity index (χ0v) is 21.4. The van der Waals surface area contributed by atoms with Gasteiger partial charge in [-0.15, -0.1) is 0 Å². The fraction of sp³-hybridized carbons (Fsp3) is 0.290. The number of hydrogen-bond acceptors (Lipinski definition) is 3. The van der Waals surface area contributed by atoms with Gasteiger partial charge in [0, 0.05) is 36.3 Å². The van der Waals surface area contributed by atoms with Crippen LogP contribution in [0.1, 0.15) is 41.0 Å². The summed E-state index contributed by atoms with van der Waals surface area (Å²) in [4.78, 5) is 34.1. The number of nitrogens with one attached hydrogen (secondary N) is 1. The van der Waals surface area contributed by atoms with Gasteiger partial charge in [0.2, 0.25) is 5.91 Å². The Kier molecular flexibility index (Phi) is 6.03. The number of halogens is 1. The SMILES string of the molecule is C[C@H](O)[C@@H]1C(=O)N2CCc3c([nH]c4c(-c5ccccc5)cccc34)[C@@H]2C[C@@H]1N(C)C(=O)c1ccccc1F. The number of aromatic amines is 1. The number of amides is 2. The van der Waals surface area contributed by atoms with E-state index < -0.39 is 29.8 Å². The van der Waals surface area contributed by atoms with E-state index in [-0.39, 0.29) is 17.5 Å². The molecule has 38 heavy (non-hydrogen) atoms. The van der Waals surface area contributed by atoms with E-state index in [1.807, 2.05) is 23.1 Å². The smallest absolute Gasteiger partial charge is 0.256 e. The highest BCUT2D eigenvalue weighted by Gasteiger charge is 2.49. The number of benzene rings is 3. The van der Waals surface area contributed by atoms with Gasteiger partial charge in [-0.05, 0) is 43.0 Å². The van der Waals surface area contributed by atoms with E-state index >= 15 is 0 Å². The minimum absolute atomic E-state index is 0.0448. The molecule has 0 spiro atoms. The van der Waals surface area contributed by atoms with Gasteiger partial charge in [0.15, 0.2) is 0 Å². The first-order valence-corrected chi connectivity index (χ1v) is 13.1. The van der Waals surface area contributed by atoms with E-state index in [4.69, 9.17) is 0 Å². The predicted octanol–water partition coefficient (Wildman–Crippen LogP) is 4.94. The van der Waals surface area contributed by atoms with Crippen molar-refractivity contribution in [2.45, 2.75) is 38.0 Å². The number of aromatic nitrogens is 1. The van der Waals surface area contributed by atoms with Crippen molar-refractivity contribution in [1.82, 2.24) is 14.8 Å². The molecule has 4 atom stereocenters. The molecule has 0 unspecified atom stereocenters. The van der Waals surface area contributed by atoms with Crippen LogP contribution in [0.4, 0.5) is 4.39 Å². The lowest BCUT2D eigenvalue weighted by atomic mass is 9.79. The summed E-state index contributed by atoms with van der Waals surface area (Å²) in [7, 11) is 1.60. The van der Waals surface area contributed by atoms with Crippen molar-refractivity contribution in [2.24, 2.45) is 5.92 Å². The third-order valence-corrected chi connectivity index (χ3v) is 8.26. The summed E-state index contributed by atoms with van der Waals surface area (Å²) in [5, 5.41) is 11.8. The molecule has 2 aliphatic heterocycles. The molecule has 1 aromatic heterocycles. The van der Waals surface area contributed by atoms with Gasteiger partial charge in [-0.3, -0.25) is 9.59 Å². The van der Waals surface area contributed by atoms with Gasteiger partial charge in [0.25, 0.3) is 5.91 Å². The molecule has 0 aliphatic carbocycles. The summed E-state index contributed by atoms with van der Waals surface area (Å²) in [5.41, 5.74) is 5.35. The van der Waals surface area contributed by atoms with Crippen LogP contribution in [0.25, 0.3) is 22.0 Å². The van der Waals surface area contributed by atoms with E-state index in [0.717, 1.165) is 27.7 Å². The van der Waals surface area contributed by atoms with Crippen LogP contribution in [0.15, 0.2) is 72.8 Å². The molecule has 1 fully saturated rings. The Hall–Kier alpha value is -3.97. The fourth-order valence-corrected chi connectivity index (χ4v) is 6.39. The van der Waals surface area contributed by atoms with Crippen molar-refractivity contribution in [3.05, 3.63) is 95.4 Å². The fourth-order valence-electron chi connectivity index (χ4n) is 6.39. The maximum absolute atomic E-state index is 14.5. The first-order valence-electron chi connectivity index (χ1n) is 13.1. The number of carbonyl (C=O) groups excluding carboxylic acids is 2. The Morgan fingerprint density at radius 3 is 2.55 bits per heavy atom. The normalized spacial score (nSPS) is 21.6. The zero-order chi connectivity index (χ0) is 26.6. The summed E-state index contributed by atoms with van der Waals surface area (Å²) in [6.45, 7) is 2.13. The summed E-state index contributed by atoms with van der Waals surface area (Å²) in [6.07, 6.45) is 0.188. The third-order valence-electron chi connectivity index (χ3n) is 8.26. The monoisotopic (exact) mass is 511 g/mol. The molecule has 6 nitrogen and oxygen atoms in total. The van der Waals surface area contributed by atoms with Crippen LogP contribution in [0.2, 0.25) is 0 Å². The Labute approximate surface area is 220 Å². The van der Waals surface area contributed by atoms with Gasteiger partial charge >= 0.3 is 0 Å². The van der Waals surface area contributed by atoms with E-state index in [0.29, 0.717) is 19.4 Å². The number of rotatable bonds is 4. The summed E-state index contributed by atoms with van der Waals surface area (Å²) < 4.78 is 14.5. The molecule has 0 bridgehead atoms. The van der Waals surface area contributed by atoms with Gasteiger partial charge in [-0.2, -0.15) is 0 Å². The molecular weight excluding hydrogens is 481 g/mol. The standard InChI is InChI=1S/C31H30FN3O3/c1-18(36)27-25(34(2)30(37)23-11-6-7-14-24(23)32)17-26-29-22(15-16-35(26)31(27)38)21-13-8-12-20(28(21)33-29)19-9-4-3-5-10-19/h3-14,18,25-27,33,36H,15-17H2,1-2H3/t18-,25-,26-,27-/m0/s1. The number of H-pyrrole nitrogens is 1. The van der Waals surface area contributed by atoms with Gasteiger partial charge in [0.1, 0.15) is 5.82 Å². The van der Waals surface area contributed by atoms with Crippen LogP contribution in [-0.4, -0.2) is 57.4 Å². The van der Waals surface area contributed by atoms with Crippen molar-refractivity contribution < 1.29 is 19.1 Å². The van der Waals surface area contributed by atoms with Crippen molar-refractivity contribution in [3.8, 4) is 11.1 Å². The lowest BCUT2D eigenvalue weighted by molar-refractivity contribution is -0.151. The average Bonchev–Trinajstić information content (AvgIpc) is 3.32. The van der Waals surface area contributed by atoms with E-state index in [9.17, 15) is 19.1 Å². The maximum atomic E-state index is 14.5. The number of aliphatic hydroxyl groups is 1. The van der Waals surface area contributed by atoms with Crippen LogP contribution in [0.5, 0.6) is 0 Å². The number of hydrogen-bond donors (Lipinski definition) is 2. The minimum atomic E-state index is -0.960. The predicted molar refractivity (Wildman–Crippen MR) is 144 cm³/mol. The summed E-state index contributed by atoms with van der Waals surface area (Å²) >= 11 is 0. The van der Waals surface area contributed by atoms with Crippen LogP contribution in [-0.2, 0) is 11.2 Å². The third kappa shape index (κ3) is 3.80. The van der Waals surface area contributed by atoms with Crippen LogP contribution in [0.3, 0.4) is 0 Å². The molecule has 7 heteroatoms. The Morgan fingerprint density at radius 2 is 1.82 bits per heavy atom. The largest absolute Gasteiger partial charge is 0.393 e. The quantitative estimate of drug-likeness (QED) is 0.408. The second-order valence-corrected chi connectivity index (χ2v) is 10.4. The van der Waals surface area contributed by atoms with Crippen LogP contribution in [0, 0.1) is 11.7 Å². The van der Waals surface area contributed by atoms with Gasteiger partial charge in [-0.1, -0.05) is 60.7 Å². The number of carbonyl (C=O) groups is 2. The Balaban J connectivity index is 1.42. The number of aliphatic hydroxyl groups excluding tert-OH is 1. The molecular formula is C31H30FN3O3. The van der Waals surface area contributed by atoms with Gasteiger partial charge in [0.05, 0.1) is 29.1 Å². The maximum Gasteiger partial charge on any atom is 0.256 e. The second-order valence-electron chi connectivity index (χ2n) is 10.4. The molecule has 2 aliphatic rings. The second kappa shape index (κ2) is 9.40. The minimum Gasteiger partial charge on any atom is -0.393 e. The first-order chi connectivity index (χ1) is 18.4. The Bertz CT molecular complexity index is 1530. The van der Waals surface area contributed by atoms with E-state index in [1.54, 1.807) is 20.0 Å². The molecule has 6 rings (SSSR count). The highest BCUT2D eigenvalue weighted by atomic mass is 19.1. The number of para-hydroxylation sites is 1. The Morgan fingerprint density at radius 1 is 1.08 bits per heavy atom. The summed E-state index contributed by atoms with van der Waals surface area (Å²) in [5.74, 6) is -2.08. The molecule has 3 aromatic carbocycles. The topological polar surface area (TPSA) is 76.6 Å². The lowest BCUT2D eigenvalue weighted by Crippen LogP contribution is -2.59. The zero-order valence-electron chi connectivity index (χ0n) is 21.4. The number of nitrogens with zero attached hydrogens (tertiary/aromatic N) is 2. The van der Waals surface area contributed by atoms with Gasteiger partial charge < -0.3 is 19.9 Å². The average molecular weight is 512 g/mol. The van der Waals surface area contributed by atoms with Crippen LogP contribution < -0.4 is 0 Å². The van der Waals surface area contributed by atoms with Crippen molar-refractivity contribution in [1.29, 1.82) is 0 Å². The van der Waals surface area contributed by atoms with Crippen molar-refractivity contribution >= 4 is 22.7 Å². The number of piperidine rings is 1. The number of fused-ring (bicyclic) bond motifs is 5. The van der Waals surface area contributed by atoms with Crippen molar-refractivity contribution in [3.63, 3.8) is 0 Å². The van der Waals surface area contributed by atoms with Crippen molar-refractivity contribution in [2.75, 3.05) is 13.6 Å². The molecule has 0 radical (unpaired) electrons. The highest BCUT2D eigenvalue weighted by Crippen LogP contribution is 2.44. The molecule has 194 valence electrons. The molecule has 0 saturated carbocycles. The highest BCUT2D eigenvalue weighted by molar-refractivity contribution is 5.98. The van der Waals surface area contributed by atoms with E-state index in [1.165, 1.54) is 28.7 Å². The molecule has 4 aromatic rings. The first kappa shape index (κ1) is 24.4. The van der Waals surface area contributed by atoms with Gasteiger partial charge in [-0.25, -0.2) is 4.39 Å². The molecule has 2 amide bonds.